The van der Waals surface area contributed by atoms with Crippen molar-refractivity contribution < 1.29 is 8.42 Å². The summed E-state index contributed by atoms with van der Waals surface area (Å²) < 4.78 is 26.8. The van der Waals surface area contributed by atoms with Crippen LogP contribution in [-0.4, -0.2) is 32.6 Å². The van der Waals surface area contributed by atoms with Crippen LogP contribution >= 0.6 is 0 Å². The van der Waals surface area contributed by atoms with Crippen molar-refractivity contribution in [2.75, 3.05) is 13.1 Å². The average molecular weight is 253 g/mol. The molecule has 1 atom stereocenters. The molecule has 0 bridgehead atoms. The molecule has 1 aliphatic rings. The number of rotatable bonds is 4. The summed E-state index contributed by atoms with van der Waals surface area (Å²) in [6.45, 7) is 3.82. The van der Waals surface area contributed by atoms with E-state index < -0.39 is 10.0 Å². The minimum Gasteiger partial charge on any atom is -0.287 e. The maximum absolute atomic E-state index is 12.0. The second-order valence-electron chi connectivity index (χ2n) is 4.28. The van der Waals surface area contributed by atoms with Gasteiger partial charge in [0, 0.05) is 0 Å². The topological polar surface area (TPSA) is 49.4 Å². The van der Waals surface area contributed by atoms with Crippen LogP contribution in [0, 0.1) is 6.07 Å². The third kappa shape index (κ3) is 3.06. The summed E-state index contributed by atoms with van der Waals surface area (Å²) >= 11 is 0. The van der Waals surface area contributed by atoms with Crippen LogP contribution in [0.25, 0.3) is 0 Å². The van der Waals surface area contributed by atoms with Crippen molar-refractivity contribution >= 4 is 10.0 Å². The molecule has 1 aromatic carbocycles. The first-order valence-electron chi connectivity index (χ1n) is 5.82. The van der Waals surface area contributed by atoms with E-state index in [-0.39, 0.29) is 6.17 Å². The van der Waals surface area contributed by atoms with Gasteiger partial charge >= 0.3 is 0 Å². The predicted molar refractivity (Wildman–Crippen MR) is 65.9 cm³/mol. The average Bonchev–Trinajstić information content (AvgIpc) is 2.83. The van der Waals surface area contributed by atoms with Crippen molar-refractivity contribution in [3.05, 3.63) is 30.3 Å². The van der Waals surface area contributed by atoms with Crippen LogP contribution in [0.3, 0.4) is 0 Å². The molecule has 17 heavy (non-hydrogen) atoms. The largest absolute Gasteiger partial charge is 0.287 e. The Labute approximate surface area is 103 Å². The summed E-state index contributed by atoms with van der Waals surface area (Å²) in [6, 6.07) is 9.13. The van der Waals surface area contributed by atoms with E-state index in [1.807, 2.05) is 6.92 Å². The van der Waals surface area contributed by atoms with Crippen LogP contribution in [0.2, 0.25) is 0 Å². The number of nitrogens with one attached hydrogen (secondary N) is 1. The zero-order chi connectivity index (χ0) is 12.3. The lowest BCUT2D eigenvalue weighted by molar-refractivity contribution is 0.246. The zero-order valence-corrected chi connectivity index (χ0v) is 10.7. The van der Waals surface area contributed by atoms with Gasteiger partial charge in [-0.15, -0.1) is 0 Å². The first-order valence-corrected chi connectivity index (χ1v) is 7.30. The number of benzene rings is 1. The van der Waals surface area contributed by atoms with Gasteiger partial charge in [0.15, 0.2) is 0 Å². The molecule has 1 radical (unpaired) electrons. The molecular weight excluding hydrogens is 236 g/mol. The van der Waals surface area contributed by atoms with E-state index >= 15 is 0 Å². The van der Waals surface area contributed by atoms with Gasteiger partial charge < -0.3 is 0 Å². The van der Waals surface area contributed by atoms with Crippen LogP contribution in [0.1, 0.15) is 19.8 Å². The fraction of sp³-hybridized carbons (Fsp3) is 0.500. The highest BCUT2D eigenvalue weighted by molar-refractivity contribution is 7.89. The van der Waals surface area contributed by atoms with E-state index in [0.29, 0.717) is 4.90 Å². The summed E-state index contributed by atoms with van der Waals surface area (Å²) in [5.41, 5.74) is 0. The van der Waals surface area contributed by atoms with Gasteiger partial charge in [0.1, 0.15) is 0 Å². The maximum atomic E-state index is 12.0. The Morgan fingerprint density at radius 1 is 1.29 bits per heavy atom. The molecule has 0 spiro atoms. The third-order valence-electron chi connectivity index (χ3n) is 3.01. The molecule has 2 rings (SSSR count). The van der Waals surface area contributed by atoms with Gasteiger partial charge in [0.2, 0.25) is 10.0 Å². The Balaban J connectivity index is 2.07. The van der Waals surface area contributed by atoms with Gasteiger partial charge in [-0.25, -0.2) is 8.42 Å². The minimum atomic E-state index is -3.41. The second-order valence-corrected chi connectivity index (χ2v) is 5.99. The highest BCUT2D eigenvalue weighted by atomic mass is 32.2. The van der Waals surface area contributed by atoms with Crippen molar-refractivity contribution in [3.63, 3.8) is 0 Å². The first kappa shape index (κ1) is 12.5. The Hall–Kier alpha value is -0.910. The number of nitrogens with zero attached hydrogens (tertiary/aromatic N) is 1. The molecule has 1 N–H and O–H groups in total. The number of hydrogen-bond donors (Lipinski definition) is 1. The molecule has 0 aromatic heterocycles. The van der Waals surface area contributed by atoms with Crippen molar-refractivity contribution in [1.29, 1.82) is 0 Å². The van der Waals surface area contributed by atoms with E-state index in [2.05, 4.69) is 15.7 Å². The van der Waals surface area contributed by atoms with Gasteiger partial charge in [0.25, 0.3) is 0 Å². The molecule has 0 aliphatic carbocycles. The molecule has 4 nitrogen and oxygen atoms in total. The van der Waals surface area contributed by atoms with Crippen molar-refractivity contribution in [2.45, 2.75) is 30.8 Å². The Morgan fingerprint density at radius 2 is 1.88 bits per heavy atom. The standard InChI is InChI=1S/C12H17N2O2S/c1-11(14-9-5-6-10-14)13-17(15,16)12-7-3-2-4-8-12/h3-4,7-8,11,13H,5-6,9-10H2,1H3. The molecule has 1 unspecified atom stereocenters. The third-order valence-corrected chi connectivity index (χ3v) is 4.56. The van der Waals surface area contributed by atoms with Crippen LogP contribution in [0.5, 0.6) is 0 Å². The molecule has 1 fully saturated rings. The monoisotopic (exact) mass is 253 g/mol. The molecule has 0 saturated carbocycles. The van der Waals surface area contributed by atoms with Crippen molar-refractivity contribution in [2.24, 2.45) is 0 Å². The smallest absolute Gasteiger partial charge is 0.241 e. The Kier molecular flexibility index (Phi) is 3.81. The minimum absolute atomic E-state index is 0.147. The highest BCUT2D eigenvalue weighted by Gasteiger charge is 2.23. The van der Waals surface area contributed by atoms with Gasteiger partial charge in [-0.2, -0.15) is 4.72 Å². The fourth-order valence-electron chi connectivity index (χ4n) is 2.05. The van der Waals surface area contributed by atoms with Crippen LogP contribution < -0.4 is 4.72 Å². The zero-order valence-electron chi connectivity index (χ0n) is 9.89. The van der Waals surface area contributed by atoms with Gasteiger partial charge in [-0.05, 0) is 51.1 Å². The summed E-state index contributed by atoms with van der Waals surface area (Å²) in [6.07, 6.45) is 2.14. The van der Waals surface area contributed by atoms with Crippen LogP contribution in [0.4, 0.5) is 0 Å². The highest BCUT2D eigenvalue weighted by Crippen LogP contribution is 2.13. The van der Waals surface area contributed by atoms with Crippen molar-refractivity contribution in [1.82, 2.24) is 9.62 Å². The molecule has 1 saturated heterocycles. The molecule has 5 heteroatoms. The first-order chi connectivity index (χ1) is 8.09. The van der Waals surface area contributed by atoms with Gasteiger partial charge in [-0.1, -0.05) is 12.1 Å². The number of sulfonamides is 1. The summed E-state index contributed by atoms with van der Waals surface area (Å²) in [4.78, 5) is 2.44. The van der Waals surface area contributed by atoms with Crippen LogP contribution in [-0.2, 0) is 10.0 Å². The predicted octanol–water partition coefficient (Wildman–Crippen LogP) is 1.21. The normalized spacial score (nSPS) is 19.4. The molecule has 1 aliphatic heterocycles. The number of likely N-dealkylation sites (tertiary alicyclic amines) is 1. The van der Waals surface area contributed by atoms with E-state index in [9.17, 15) is 8.42 Å². The van der Waals surface area contributed by atoms with E-state index in [0.717, 1.165) is 25.9 Å². The molecule has 1 aromatic rings. The fourth-order valence-corrected chi connectivity index (χ4v) is 3.28. The summed E-state index contributed by atoms with van der Waals surface area (Å²) in [7, 11) is -3.41. The van der Waals surface area contributed by atoms with Gasteiger partial charge in [-0.3, -0.25) is 4.90 Å². The van der Waals surface area contributed by atoms with Gasteiger partial charge in [0.05, 0.1) is 11.1 Å². The molecule has 1 heterocycles. The lowest BCUT2D eigenvalue weighted by Crippen LogP contribution is -2.44. The Morgan fingerprint density at radius 3 is 2.47 bits per heavy atom. The van der Waals surface area contributed by atoms with Crippen LogP contribution in [0.15, 0.2) is 29.2 Å². The molecule has 93 valence electrons. The van der Waals surface area contributed by atoms with E-state index in [1.165, 1.54) is 0 Å². The second kappa shape index (κ2) is 5.16. The lowest BCUT2D eigenvalue weighted by atomic mass is 10.4. The number of hydrogen-bond acceptors (Lipinski definition) is 3. The SMILES string of the molecule is CC(NS(=O)(=O)c1cc[c]cc1)N1CCCC1. The van der Waals surface area contributed by atoms with E-state index in [1.54, 1.807) is 24.3 Å². The summed E-state index contributed by atoms with van der Waals surface area (Å²) in [5.74, 6) is 0. The molecule has 0 amide bonds. The maximum Gasteiger partial charge on any atom is 0.241 e. The van der Waals surface area contributed by atoms with E-state index in [4.69, 9.17) is 0 Å². The van der Waals surface area contributed by atoms with Crippen molar-refractivity contribution in [3.8, 4) is 0 Å². The molecular formula is C12H17N2O2S. The summed E-state index contributed by atoms with van der Waals surface area (Å²) in [5, 5.41) is 0. The lowest BCUT2D eigenvalue weighted by Gasteiger charge is -2.24. The Bertz CT molecular complexity index is 453. The quantitative estimate of drug-likeness (QED) is 0.877.